The van der Waals surface area contributed by atoms with Crippen LogP contribution in [0, 0.1) is 11.3 Å². The Morgan fingerprint density at radius 2 is 1.87 bits per heavy atom. The highest BCUT2D eigenvalue weighted by Gasteiger charge is 2.66. The average molecular weight is 418 g/mol. The molecule has 5 unspecified atom stereocenters. The molecule has 5 atom stereocenters. The van der Waals surface area contributed by atoms with Gasteiger partial charge in [-0.2, -0.15) is 0 Å². The number of ketones is 1. The first-order chi connectivity index (χ1) is 13.9. The molecule has 7 nitrogen and oxygen atoms in total. The molecule has 2 aliphatic rings. The maximum atomic E-state index is 13.3. The van der Waals surface area contributed by atoms with Gasteiger partial charge in [0.2, 0.25) is 0 Å². The van der Waals surface area contributed by atoms with Crippen molar-refractivity contribution in [2.24, 2.45) is 11.3 Å². The number of carbonyl (C=O) groups is 3. The van der Waals surface area contributed by atoms with Gasteiger partial charge in [-0.3, -0.25) is 14.4 Å². The molecule has 0 saturated heterocycles. The Labute approximate surface area is 176 Å². The Morgan fingerprint density at radius 3 is 2.40 bits per heavy atom. The Morgan fingerprint density at radius 1 is 1.23 bits per heavy atom. The second-order valence-electron chi connectivity index (χ2n) is 9.19. The van der Waals surface area contributed by atoms with E-state index in [1.54, 1.807) is 26.0 Å². The Balaban J connectivity index is 2.37. The number of ether oxygens (including phenoxy) is 2. The van der Waals surface area contributed by atoms with Gasteiger partial charge in [0.15, 0.2) is 0 Å². The summed E-state index contributed by atoms with van der Waals surface area (Å²) in [6.45, 7) is 8.45. The van der Waals surface area contributed by atoms with Crippen LogP contribution in [0.15, 0.2) is 12.1 Å². The Kier molecular flexibility index (Phi) is 5.48. The molecule has 0 amide bonds. The van der Waals surface area contributed by atoms with Crippen LogP contribution >= 0.6 is 0 Å². The van der Waals surface area contributed by atoms with Crippen molar-refractivity contribution in [1.82, 2.24) is 0 Å². The molecule has 0 aromatic heterocycles. The van der Waals surface area contributed by atoms with Gasteiger partial charge in [0.05, 0.1) is 17.9 Å². The number of phenolic OH excluding ortho intramolecular Hbond substituents is 1. The Hall–Kier alpha value is -2.41. The number of aromatic hydroxyl groups is 1. The van der Waals surface area contributed by atoms with Crippen LogP contribution in [-0.4, -0.2) is 41.1 Å². The molecular weight excluding hydrogens is 388 g/mol. The second-order valence-corrected chi connectivity index (χ2v) is 9.19. The van der Waals surface area contributed by atoms with Crippen molar-refractivity contribution in [3.63, 3.8) is 0 Å². The van der Waals surface area contributed by atoms with Gasteiger partial charge < -0.3 is 19.7 Å². The first-order valence-electron chi connectivity index (χ1n) is 10.2. The van der Waals surface area contributed by atoms with Gasteiger partial charge in [-0.25, -0.2) is 0 Å². The first kappa shape index (κ1) is 22.3. The van der Waals surface area contributed by atoms with Gasteiger partial charge in [0.1, 0.15) is 23.7 Å². The third-order valence-corrected chi connectivity index (χ3v) is 7.03. The number of benzene rings is 1. The molecule has 0 spiro atoms. The maximum Gasteiger partial charge on any atom is 0.312 e. The van der Waals surface area contributed by atoms with Crippen molar-refractivity contribution in [1.29, 1.82) is 0 Å². The van der Waals surface area contributed by atoms with Gasteiger partial charge >= 0.3 is 11.9 Å². The van der Waals surface area contributed by atoms with E-state index in [1.165, 1.54) is 14.0 Å². The third-order valence-electron chi connectivity index (χ3n) is 7.03. The zero-order valence-electron chi connectivity index (χ0n) is 18.3. The van der Waals surface area contributed by atoms with E-state index < -0.39 is 40.9 Å². The molecule has 0 heterocycles. The van der Waals surface area contributed by atoms with Crippen molar-refractivity contribution >= 4 is 17.7 Å². The number of rotatable bonds is 3. The van der Waals surface area contributed by atoms with Crippen LogP contribution < -0.4 is 0 Å². The van der Waals surface area contributed by atoms with Crippen LogP contribution in [0.25, 0.3) is 0 Å². The van der Waals surface area contributed by atoms with Crippen LogP contribution in [0.2, 0.25) is 0 Å². The van der Waals surface area contributed by atoms with E-state index >= 15 is 0 Å². The number of phenols is 1. The zero-order chi connectivity index (χ0) is 22.6. The predicted octanol–water partition coefficient (Wildman–Crippen LogP) is 2.91. The van der Waals surface area contributed by atoms with Crippen molar-refractivity contribution in [3.05, 3.63) is 28.8 Å². The van der Waals surface area contributed by atoms with Gasteiger partial charge in [-0.1, -0.05) is 19.9 Å². The van der Waals surface area contributed by atoms with Crippen molar-refractivity contribution in [2.45, 2.75) is 71.0 Å². The topological polar surface area (TPSA) is 110 Å². The summed E-state index contributed by atoms with van der Waals surface area (Å²) in [6.07, 6.45) is -2.15. The molecule has 1 saturated carbocycles. The minimum atomic E-state index is -1.34. The molecule has 0 radical (unpaired) electrons. The maximum absolute atomic E-state index is 13.3. The fourth-order valence-electron chi connectivity index (χ4n) is 5.53. The highest BCUT2D eigenvalue weighted by Crippen LogP contribution is 2.61. The van der Waals surface area contributed by atoms with Crippen LogP contribution in [0.1, 0.15) is 76.2 Å². The molecule has 1 fully saturated rings. The molecule has 2 aliphatic carbocycles. The highest BCUT2D eigenvalue weighted by molar-refractivity contribution is 5.95. The number of methoxy groups -OCH3 is 1. The number of hydrogen-bond acceptors (Lipinski definition) is 7. The smallest absolute Gasteiger partial charge is 0.312 e. The lowest BCUT2D eigenvalue weighted by Gasteiger charge is -2.56. The number of carbonyl (C=O) groups excluding carboxylic acids is 3. The SMILES string of the molecule is COC(=O)C1(C)CCC(=O)C2(C)c3c(O)cc(C(C)C)cc3C(O)C(OC(C)=O)C12. The molecule has 7 heteroatoms. The first-order valence-corrected chi connectivity index (χ1v) is 10.2. The number of hydrogen-bond donors (Lipinski definition) is 2. The summed E-state index contributed by atoms with van der Waals surface area (Å²) in [6, 6.07) is 3.35. The van der Waals surface area contributed by atoms with Crippen molar-refractivity contribution in [2.75, 3.05) is 7.11 Å². The molecule has 2 N–H and O–H groups in total. The molecule has 0 aliphatic heterocycles. The van der Waals surface area contributed by atoms with Crippen LogP contribution in [0.5, 0.6) is 5.75 Å². The van der Waals surface area contributed by atoms with E-state index in [4.69, 9.17) is 9.47 Å². The lowest BCUT2D eigenvalue weighted by molar-refractivity contribution is -0.190. The number of aliphatic hydroxyl groups is 1. The number of aliphatic hydroxyl groups excluding tert-OH is 1. The molecule has 3 rings (SSSR count). The lowest BCUT2D eigenvalue weighted by Crippen LogP contribution is -2.63. The normalized spacial score (nSPS) is 32.9. The van der Waals surface area contributed by atoms with E-state index in [0.717, 1.165) is 5.56 Å². The minimum Gasteiger partial charge on any atom is -0.508 e. The molecule has 0 bridgehead atoms. The summed E-state index contributed by atoms with van der Waals surface area (Å²) in [5.74, 6) is -2.29. The van der Waals surface area contributed by atoms with Crippen molar-refractivity contribution < 1.29 is 34.1 Å². The van der Waals surface area contributed by atoms with Crippen LogP contribution in [0.3, 0.4) is 0 Å². The van der Waals surface area contributed by atoms with E-state index in [9.17, 15) is 24.6 Å². The average Bonchev–Trinajstić information content (AvgIpc) is 2.67. The monoisotopic (exact) mass is 418 g/mol. The lowest BCUT2D eigenvalue weighted by atomic mass is 9.47. The summed E-state index contributed by atoms with van der Waals surface area (Å²) < 4.78 is 10.6. The van der Waals surface area contributed by atoms with Crippen LogP contribution in [0.4, 0.5) is 0 Å². The van der Waals surface area contributed by atoms with Gasteiger partial charge in [0, 0.05) is 24.8 Å². The third kappa shape index (κ3) is 3.02. The van der Waals surface area contributed by atoms with Gasteiger partial charge in [-0.15, -0.1) is 0 Å². The largest absolute Gasteiger partial charge is 0.508 e. The summed E-state index contributed by atoms with van der Waals surface area (Å²) >= 11 is 0. The second kappa shape index (κ2) is 7.38. The van der Waals surface area contributed by atoms with Crippen molar-refractivity contribution in [3.8, 4) is 5.75 Å². The molecule has 1 aromatic rings. The van der Waals surface area contributed by atoms with E-state index in [2.05, 4.69) is 0 Å². The fourth-order valence-corrected chi connectivity index (χ4v) is 5.53. The standard InChI is InChI=1S/C23H30O7/c1-11(2)13-9-14-17(15(25)10-13)23(5)16(26)7-8-22(4,21(28)29-6)20(23)19(18(14)27)30-12(3)24/h9-11,18-20,25,27H,7-8H2,1-6H3. The fraction of sp³-hybridized carbons (Fsp3) is 0.609. The molecule has 30 heavy (non-hydrogen) atoms. The summed E-state index contributed by atoms with van der Waals surface area (Å²) in [7, 11) is 1.27. The highest BCUT2D eigenvalue weighted by atomic mass is 16.6. The molecular formula is C23H30O7. The summed E-state index contributed by atoms with van der Waals surface area (Å²) in [5.41, 5.74) is -1.10. The van der Waals surface area contributed by atoms with Crippen LogP contribution in [-0.2, 0) is 29.3 Å². The summed E-state index contributed by atoms with van der Waals surface area (Å²) in [5, 5.41) is 22.2. The predicted molar refractivity (Wildman–Crippen MR) is 108 cm³/mol. The Bertz CT molecular complexity index is 905. The molecule has 164 valence electrons. The number of Topliss-reactive ketones (excluding diaryl/α,β-unsaturated/α-hetero) is 1. The number of fused-ring (bicyclic) bond motifs is 3. The van der Waals surface area contributed by atoms with Gasteiger partial charge in [-0.05, 0) is 43.4 Å². The number of esters is 2. The quantitative estimate of drug-likeness (QED) is 0.726. The zero-order valence-corrected chi connectivity index (χ0v) is 18.3. The minimum absolute atomic E-state index is 0.0634. The van der Waals surface area contributed by atoms with E-state index in [0.29, 0.717) is 11.1 Å². The van der Waals surface area contributed by atoms with E-state index in [1.807, 2.05) is 13.8 Å². The van der Waals surface area contributed by atoms with E-state index in [-0.39, 0.29) is 30.3 Å². The summed E-state index contributed by atoms with van der Waals surface area (Å²) in [4.78, 5) is 38.1. The van der Waals surface area contributed by atoms with Gasteiger partial charge in [0.25, 0.3) is 0 Å². The molecule has 1 aromatic carbocycles.